The number of hydrogen-bond acceptors (Lipinski definition) is 3. The fourth-order valence-electron chi connectivity index (χ4n) is 2.52. The van der Waals surface area contributed by atoms with E-state index in [-0.39, 0.29) is 12.5 Å². The van der Waals surface area contributed by atoms with Gasteiger partial charge in [-0.1, -0.05) is 0 Å². The molecule has 0 aromatic rings. The molecule has 16 heavy (non-hydrogen) atoms. The van der Waals surface area contributed by atoms with Crippen LogP contribution in [0.15, 0.2) is 0 Å². The van der Waals surface area contributed by atoms with Gasteiger partial charge in [0.25, 0.3) is 0 Å². The summed E-state index contributed by atoms with van der Waals surface area (Å²) < 4.78 is 0. The van der Waals surface area contributed by atoms with Crippen LogP contribution in [0.1, 0.15) is 32.6 Å². The molecule has 1 saturated carbocycles. The van der Waals surface area contributed by atoms with Crippen LogP contribution in [-0.4, -0.2) is 41.1 Å². The molecule has 2 aliphatic rings. The monoisotopic (exact) mass is 226 g/mol. The summed E-state index contributed by atoms with van der Waals surface area (Å²) in [6.07, 6.45) is 3.99. The van der Waals surface area contributed by atoms with Crippen LogP contribution in [0.5, 0.6) is 0 Å². The second kappa shape index (κ2) is 4.34. The summed E-state index contributed by atoms with van der Waals surface area (Å²) in [6, 6.07) is 0. The highest BCUT2D eigenvalue weighted by molar-refractivity contribution is 5.86. The van der Waals surface area contributed by atoms with Gasteiger partial charge in [0.05, 0.1) is 5.54 Å². The fourth-order valence-corrected chi connectivity index (χ4v) is 2.52. The van der Waals surface area contributed by atoms with Gasteiger partial charge in [0.15, 0.2) is 0 Å². The molecule has 2 fully saturated rings. The third-order valence-electron chi connectivity index (χ3n) is 4.05. The van der Waals surface area contributed by atoms with Crippen molar-refractivity contribution in [3.05, 3.63) is 0 Å². The zero-order valence-corrected chi connectivity index (χ0v) is 9.98. The first-order valence-electron chi connectivity index (χ1n) is 6.25. The van der Waals surface area contributed by atoms with Gasteiger partial charge in [-0.3, -0.25) is 4.79 Å². The molecule has 1 amide bonds. The topological polar surface area (TPSA) is 66.6 Å². The Morgan fingerprint density at radius 1 is 1.38 bits per heavy atom. The summed E-state index contributed by atoms with van der Waals surface area (Å²) in [5, 5.41) is 9.05. The van der Waals surface area contributed by atoms with Gasteiger partial charge in [0.1, 0.15) is 0 Å². The molecule has 0 bridgehead atoms. The van der Waals surface area contributed by atoms with Crippen LogP contribution >= 0.6 is 0 Å². The van der Waals surface area contributed by atoms with Gasteiger partial charge in [-0.25, -0.2) is 0 Å². The van der Waals surface area contributed by atoms with E-state index in [9.17, 15) is 4.79 Å². The van der Waals surface area contributed by atoms with Crippen molar-refractivity contribution >= 4 is 5.91 Å². The van der Waals surface area contributed by atoms with Gasteiger partial charge in [-0.15, -0.1) is 0 Å². The summed E-state index contributed by atoms with van der Waals surface area (Å²) in [5.41, 5.74) is 5.46. The average molecular weight is 226 g/mol. The second-order valence-electron chi connectivity index (χ2n) is 5.48. The van der Waals surface area contributed by atoms with Crippen molar-refractivity contribution in [3.63, 3.8) is 0 Å². The number of carbonyl (C=O) groups excluding carboxylic acids is 1. The summed E-state index contributed by atoms with van der Waals surface area (Å²) >= 11 is 0. The van der Waals surface area contributed by atoms with Gasteiger partial charge in [-0.05, 0) is 44.4 Å². The Hall–Kier alpha value is -0.610. The number of likely N-dealkylation sites (tertiary alicyclic amines) is 1. The van der Waals surface area contributed by atoms with E-state index in [0.717, 1.165) is 38.8 Å². The van der Waals surface area contributed by atoms with Crippen LogP contribution in [0.3, 0.4) is 0 Å². The molecule has 0 spiro atoms. The molecule has 1 saturated heterocycles. The smallest absolute Gasteiger partial charge is 0.242 e. The Labute approximate surface area is 96.8 Å². The summed E-state index contributed by atoms with van der Waals surface area (Å²) in [6.45, 7) is 3.61. The van der Waals surface area contributed by atoms with Crippen LogP contribution in [0.25, 0.3) is 0 Å². The first-order chi connectivity index (χ1) is 7.55. The zero-order valence-electron chi connectivity index (χ0n) is 9.98. The van der Waals surface area contributed by atoms with E-state index in [1.807, 2.05) is 11.8 Å². The predicted molar refractivity (Wildman–Crippen MR) is 61.7 cm³/mol. The van der Waals surface area contributed by atoms with E-state index in [2.05, 4.69) is 0 Å². The number of piperidine rings is 1. The molecule has 1 atom stereocenters. The van der Waals surface area contributed by atoms with Crippen molar-refractivity contribution in [2.75, 3.05) is 19.7 Å². The molecule has 4 heteroatoms. The largest absolute Gasteiger partial charge is 0.396 e. The van der Waals surface area contributed by atoms with Crippen LogP contribution in [0.4, 0.5) is 0 Å². The zero-order chi connectivity index (χ0) is 11.8. The highest BCUT2D eigenvalue weighted by Gasteiger charge is 2.46. The molecule has 1 aliphatic carbocycles. The highest BCUT2D eigenvalue weighted by Crippen LogP contribution is 2.39. The number of nitrogens with two attached hydrogens (primary N) is 1. The standard InChI is InChI=1S/C12H22N2O2/c1-12(13,10-2-3-10)11(16)14-6-4-9(8-15)5-7-14/h9-10,15H,2-8,13H2,1H3. The first kappa shape index (κ1) is 11.9. The van der Waals surface area contributed by atoms with Crippen LogP contribution < -0.4 is 5.73 Å². The minimum atomic E-state index is -0.661. The summed E-state index contributed by atoms with van der Waals surface area (Å²) in [5.74, 6) is 0.857. The van der Waals surface area contributed by atoms with Gasteiger partial charge in [-0.2, -0.15) is 0 Å². The van der Waals surface area contributed by atoms with Crippen molar-refractivity contribution in [1.82, 2.24) is 4.90 Å². The molecule has 1 unspecified atom stereocenters. The van der Waals surface area contributed by atoms with Crippen molar-refractivity contribution < 1.29 is 9.90 Å². The lowest BCUT2D eigenvalue weighted by Gasteiger charge is -2.36. The maximum Gasteiger partial charge on any atom is 0.242 e. The molecule has 92 valence electrons. The van der Waals surface area contributed by atoms with Crippen LogP contribution in [0.2, 0.25) is 0 Å². The SMILES string of the molecule is CC(N)(C(=O)N1CCC(CO)CC1)C1CC1. The Morgan fingerprint density at radius 3 is 2.38 bits per heavy atom. The first-order valence-corrected chi connectivity index (χ1v) is 6.25. The summed E-state index contributed by atoms with van der Waals surface area (Å²) in [4.78, 5) is 14.1. The molecule has 0 aromatic heterocycles. The van der Waals surface area contributed by atoms with E-state index in [0.29, 0.717) is 11.8 Å². The average Bonchev–Trinajstić information content (AvgIpc) is 3.12. The molecule has 1 aliphatic heterocycles. The van der Waals surface area contributed by atoms with E-state index < -0.39 is 5.54 Å². The maximum absolute atomic E-state index is 12.2. The van der Waals surface area contributed by atoms with E-state index >= 15 is 0 Å². The fraction of sp³-hybridized carbons (Fsp3) is 0.917. The summed E-state index contributed by atoms with van der Waals surface area (Å²) in [7, 11) is 0. The maximum atomic E-state index is 12.2. The Balaban J connectivity index is 1.91. The molecule has 4 nitrogen and oxygen atoms in total. The van der Waals surface area contributed by atoms with Crippen molar-refractivity contribution in [2.24, 2.45) is 17.6 Å². The predicted octanol–water partition coefficient (Wildman–Crippen LogP) is 0.345. The molecule has 0 aromatic carbocycles. The number of rotatable bonds is 3. The van der Waals surface area contributed by atoms with E-state index in [4.69, 9.17) is 10.8 Å². The highest BCUT2D eigenvalue weighted by atomic mass is 16.3. The minimum Gasteiger partial charge on any atom is -0.396 e. The van der Waals surface area contributed by atoms with E-state index in [1.54, 1.807) is 0 Å². The lowest BCUT2D eigenvalue weighted by atomic mass is 9.92. The number of nitrogens with zero attached hydrogens (tertiary/aromatic N) is 1. The van der Waals surface area contributed by atoms with Gasteiger partial charge < -0.3 is 15.7 Å². The molecule has 1 heterocycles. The Kier molecular flexibility index (Phi) is 3.22. The number of aliphatic hydroxyl groups excluding tert-OH is 1. The van der Waals surface area contributed by atoms with Crippen molar-refractivity contribution in [2.45, 2.75) is 38.1 Å². The lowest BCUT2D eigenvalue weighted by molar-refractivity contribution is -0.138. The third kappa shape index (κ3) is 2.23. The molecule has 2 rings (SSSR count). The number of amides is 1. The second-order valence-corrected chi connectivity index (χ2v) is 5.48. The third-order valence-corrected chi connectivity index (χ3v) is 4.05. The van der Waals surface area contributed by atoms with Crippen LogP contribution in [0, 0.1) is 11.8 Å². The molecule has 0 radical (unpaired) electrons. The minimum absolute atomic E-state index is 0.103. The van der Waals surface area contributed by atoms with Gasteiger partial charge in [0, 0.05) is 19.7 Å². The number of aliphatic hydroxyl groups is 1. The molecule has 3 N–H and O–H groups in total. The number of hydrogen-bond donors (Lipinski definition) is 2. The molecular formula is C12H22N2O2. The van der Waals surface area contributed by atoms with E-state index in [1.165, 1.54) is 0 Å². The Morgan fingerprint density at radius 2 is 1.94 bits per heavy atom. The molecular weight excluding hydrogens is 204 g/mol. The Bertz CT molecular complexity index is 266. The van der Waals surface area contributed by atoms with Crippen molar-refractivity contribution in [1.29, 1.82) is 0 Å². The van der Waals surface area contributed by atoms with Crippen molar-refractivity contribution in [3.8, 4) is 0 Å². The van der Waals surface area contributed by atoms with Crippen LogP contribution in [-0.2, 0) is 4.79 Å². The van der Waals surface area contributed by atoms with Gasteiger partial charge in [0.2, 0.25) is 5.91 Å². The quantitative estimate of drug-likeness (QED) is 0.729. The number of carbonyl (C=O) groups is 1. The normalized spacial score (nSPS) is 26.6. The van der Waals surface area contributed by atoms with Gasteiger partial charge >= 0.3 is 0 Å². The lowest BCUT2D eigenvalue weighted by Crippen LogP contribution is -2.56.